The number of hydrogen-bond donors (Lipinski definition) is 3. The average molecular weight is 490 g/mol. The Bertz CT molecular complexity index is 1080. The number of benzene rings is 2. The van der Waals surface area contributed by atoms with Crippen LogP contribution in [0.2, 0.25) is 5.02 Å². The van der Waals surface area contributed by atoms with Crippen LogP contribution >= 0.6 is 23.5 Å². The van der Waals surface area contributed by atoms with E-state index in [9.17, 15) is 0 Å². The van der Waals surface area contributed by atoms with E-state index in [2.05, 4.69) is 39.2 Å². The fraction of sp³-hybridized carbons (Fsp3) is 0.304. The number of halogens is 1. The van der Waals surface area contributed by atoms with Gasteiger partial charge in [0.1, 0.15) is 5.02 Å². The highest BCUT2D eigenvalue weighted by Crippen LogP contribution is 2.41. The van der Waals surface area contributed by atoms with Gasteiger partial charge in [-0.05, 0) is 18.1 Å². The highest BCUT2D eigenvalue weighted by atomic mass is 35.5. The van der Waals surface area contributed by atoms with Crippen molar-refractivity contribution in [3.8, 4) is 17.2 Å². The molecule has 0 radical (unpaired) electrons. The van der Waals surface area contributed by atoms with Crippen molar-refractivity contribution in [1.82, 2.24) is 9.97 Å². The molecule has 2 aromatic carbocycles. The third kappa shape index (κ3) is 6.49. The Labute approximate surface area is 203 Å². The summed E-state index contributed by atoms with van der Waals surface area (Å²) < 4.78 is 20.2. The number of nitrogens with one attached hydrogen (secondary N) is 3. The number of methoxy groups -OCH3 is 2. The smallest absolute Gasteiger partial charge is 0.229 e. The van der Waals surface area contributed by atoms with Crippen molar-refractivity contribution < 1.29 is 14.2 Å². The minimum absolute atomic E-state index is 0.356. The predicted molar refractivity (Wildman–Crippen MR) is 137 cm³/mol. The van der Waals surface area contributed by atoms with Crippen molar-refractivity contribution in [2.75, 3.05) is 42.4 Å². The zero-order valence-corrected chi connectivity index (χ0v) is 20.8. The number of rotatable bonds is 11. The SMILES string of the molecule is COc1cc(Nc2ncc(Cl)c(Nc3ccccc3NSC)n2)cc(OCC(C)C)c1OC. The quantitative estimate of drug-likeness (QED) is 0.266. The molecule has 8 nitrogen and oxygen atoms in total. The first-order chi connectivity index (χ1) is 15.9. The molecule has 0 saturated carbocycles. The highest BCUT2D eigenvalue weighted by Gasteiger charge is 2.16. The summed E-state index contributed by atoms with van der Waals surface area (Å²) in [5, 5.41) is 6.86. The number of nitrogens with zero attached hydrogens (tertiary/aromatic N) is 2. The lowest BCUT2D eigenvalue weighted by Crippen LogP contribution is -2.07. The summed E-state index contributed by atoms with van der Waals surface area (Å²) in [7, 11) is 3.16. The van der Waals surface area contributed by atoms with Crippen LogP contribution in [0.3, 0.4) is 0 Å². The standard InChI is InChI=1S/C23H28ClN5O3S/c1-14(2)13-32-20-11-15(10-19(30-3)21(20)31-4)26-23-25-12-16(24)22(28-23)27-17-8-6-7-9-18(17)29-33-5/h6-12,14,29H,13H2,1-5H3,(H2,25,26,27,28). The molecule has 3 N–H and O–H groups in total. The summed E-state index contributed by atoms with van der Waals surface area (Å²) in [5.74, 6) is 2.82. The van der Waals surface area contributed by atoms with E-state index >= 15 is 0 Å². The molecule has 0 unspecified atom stereocenters. The molecule has 0 aliphatic heterocycles. The van der Waals surface area contributed by atoms with Gasteiger partial charge in [0.15, 0.2) is 17.3 Å². The van der Waals surface area contributed by atoms with Gasteiger partial charge >= 0.3 is 0 Å². The third-order valence-corrected chi connectivity index (χ3v) is 5.11. The Kier molecular flexibility index (Phi) is 8.73. The van der Waals surface area contributed by atoms with Crippen molar-refractivity contribution in [1.29, 1.82) is 0 Å². The Morgan fingerprint density at radius 2 is 1.76 bits per heavy atom. The van der Waals surface area contributed by atoms with Gasteiger partial charge < -0.3 is 29.6 Å². The molecule has 0 bridgehead atoms. The maximum absolute atomic E-state index is 6.36. The fourth-order valence-electron chi connectivity index (χ4n) is 2.93. The van der Waals surface area contributed by atoms with Gasteiger partial charge in [-0.1, -0.05) is 49.5 Å². The van der Waals surface area contributed by atoms with E-state index < -0.39 is 0 Å². The molecule has 0 fully saturated rings. The number of ether oxygens (including phenoxy) is 3. The molecule has 1 heterocycles. The molecule has 0 aliphatic carbocycles. The van der Waals surface area contributed by atoms with Crippen molar-refractivity contribution in [2.45, 2.75) is 13.8 Å². The van der Waals surface area contributed by atoms with Crippen molar-refractivity contribution in [3.63, 3.8) is 0 Å². The molecule has 0 saturated heterocycles. The van der Waals surface area contributed by atoms with E-state index in [1.807, 2.05) is 36.6 Å². The molecule has 0 aliphatic rings. The predicted octanol–water partition coefficient (Wildman–Crippen LogP) is 6.36. The normalized spacial score (nSPS) is 10.6. The third-order valence-electron chi connectivity index (χ3n) is 4.41. The summed E-state index contributed by atoms with van der Waals surface area (Å²) in [6.07, 6.45) is 3.50. The van der Waals surface area contributed by atoms with Crippen LogP contribution in [-0.2, 0) is 0 Å². The van der Waals surface area contributed by atoms with E-state index in [1.54, 1.807) is 26.5 Å². The molecule has 0 atom stereocenters. The lowest BCUT2D eigenvalue weighted by Gasteiger charge is -2.17. The first-order valence-corrected chi connectivity index (χ1v) is 11.9. The summed E-state index contributed by atoms with van der Waals surface area (Å²) >= 11 is 7.86. The van der Waals surface area contributed by atoms with Gasteiger partial charge in [-0.3, -0.25) is 0 Å². The van der Waals surface area contributed by atoms with Crippen molar-refractivity contribution in [3.05, 3.63) is 47.6 Å². The van der Waals surface area contributed by atoms with Gasteiger partial charge in [-0.2, -0.15) is 4.98 Å². The second-order valence-corrected chi connectivity index (χ2v) is 8.43. The van der Waals surface area contributed by atoms with E-state index in [4.69, 9.17) is 25.8 Å². The van der Waals surface area contributed by atoms with Crippen molar-refractivity contribution >= 4 is 52.4 Å². The van der Waals surface area contributed by atoms with Gasteiger partial charge in [0.2, 0.25) is 11.7 Å². The molecule has 33 heavy (non-hydrogen) atoms. The van der Waals surface area contributed by atoms with Gasteiger partial charge in [0.05, 0.1) is 38.4 Å². The van der Waals surface area contributed by atoms with Crippen LogP contribution in [-0.4, -0.2) is 37.1 Å². The molecular formula is C23H28ClN5O3S. The summed E-state index contributed by atoms with van der Waals surface area (Å²) in [5.41, 5.74) is 2.44. The maximum atomic E-state index is 6.36. The maximum Gasteiger partial charge on any atom is 0.229 e. The van der Waals surface area contributed by atoms with E-state index in [0.29, 0.717) is 52.2 Å². The Morgan fingerprint density at radius 3 is 2.42 bits per heavy atom. The first-order valence-electron chi connectivity index (χ1n) is 10.3. The van der Waals surface area contributed by atoms with Gasteiger partial charge in [0, 0.05) is 24.1 Å². The molecule has 176 valence electrons. The summed E-state index contributed by atoms with van der Waals surface area (Å²) in [6, 6.07) is 11.4. The number of para-hydroxylation sites is 2. The van der Waals surface area contributed by atoms with Crippen LogP contribution in [0, 0.1) is 5.92 Å². The summed E-state index contributed by atoms with van der Waals surface area (Å²) in [6.45, 7) is 4.70. The van der Waals surface area contributed by atoms with Crippen LogP contribution in [0.4, 0.5) is 28.8 Å². The fourth-order valence-corrected chi connectivity index (χ4v) is 3.46. The molecule has 3 rings (SSSR count). The van der Waals surface area contributed by atoms with E-state index in [-0.39, 0.29) is 0 Å². The second-order valence-electron chi connectivity index (χ2n) is 7.41. The van der Waals surface area contributed by atoms with Crippen LogP contribution in [0.5, 0.6) is 17.2 Å². The van der Waals surface area contributed by atoms with Crippen LogP contribution < -0.4 is 29.6 Å². The van der Waals surface area contributed by atoms with Crippen molar-refractivity contribution in [2.24, 2.45) is 5.92 Å². The Hall–Kier alpha value is -3.04. The van der Waals surface area contributed by atoms with E-state index in [0.717, 1.165) is 11.4 Å². The minimum atomic E-state index is 0.356. The number of anilines is 5. The zero-order chi connectivity index (χ0) is 23.8. The molecule has 0 amide bonds. The average Bonchev–Trinajstić information content (AvgIpc) is 2.80. The molecule has 1 aromatic heterocycles. The van der Waals surface area contributed by atoms with Gasteiger partial charge in [-0.25, -0.2) is 4.98 Å². The number of hydrogen-bond acceptors (Lipinski definition) is 9. The second kappa shape index (κ2) is 11.7. The molecule has 0 spiro atoms. The Morgan fingerprint density at radius 1 is 1.03 bits per heavy atom. The summed E-state index contributed by atoms with van der Waals surface area (Å²) in [4.78, 5) is 8.86. The zero-order valence-electron chi connectivity index (χ0n) is 19.2. The van der Waals surface area contributed by atoms with Gasteiger partial charge in [0.25, 0.3) is 0 Å². The topological polar surface area (TPSA) is 89.6 Å². The van der Waals surface area contributed by atoms with Crippen LogP contribution in [0.15, 0.2) is 42.6 Å². The monoisotopic (exact) mass is 489 g/mol. The van der Waals surface area contributed by atoms with Crippen LogP contribution in [0.25, 0.3) is 0 Å². The largest absolute Gasteiger partial charge is 0.493 e. The molecule has 3 aromatic rings. The highest BCUT2D eigenvalue weighted by molar-refractivity contribution is 7.99. The lowest BCUT2D eigenvalue weighted by molar-refractivity contribution is 0.252. The Balaban J connectivity index is 1.89. The molecule has 10 heteroatoms. The molecular weight excluding hydrogens is 462 g/mol. The lowest BCUT2D eigenvalue weighted by atomic mass is 10.2. The first kappa shape index (κ1) is 24.6. The number of aromatic nitrogens is 2. The minimum Gasteiger partial charge on any atom is -0.493 e. The van der Waals surface area contributed by atoms with Gasteiger partial charge in [-0.15, -0.1) is 0 Å². The van der Waals surface area contributed by atoms with Crippen LogP contribution in [0.1, 0.15) is 13.8 Å². The van der Waals surface area contributed by atoms with E-state index in [1.165, 1.54) is 11.9 Å².